The van der Waals surface area contributed by atoms with E-state index in [1.54, 1.807) is 18.7 Å². The molecule has 1 aromatic carbocycles. The smallest absolute Gasteiger partial charge is 0.147 e. The van der Waals surface area contributed by atoms with Gasteiger partial charge < -0.3 is 5.32 Å². The van der Waals surface area contributed by atoms with Crippen molar-refractivity contribution in [3.8, 4) is 0 Å². The van der Waals surface area contributed by atoms with E-state index in [1.807, 2.05) is 0 Å². The number of hydrogen-bond donors (Lipinski definition) is 1. The number of nitrogens with one attached hydrogen (secondary N) is 1. The lowest BCUT2D eigenvalue weighted by Gasteiger charge is -2.09. The molecule has 1 aromatic heterocycles. The second kappa shape index (κ2) is 5.46. The predicted molar refractivity (Wildman–Crippen MR) is 74.3 cm³/mol. The molecule has 0 saturated heterocycles. The molecule has 0 atom stereocenters. The van der Waals surface area contributed by atoms with Crippen LogP contribution in [0.2, 0.25) is 5.02 Å². The Balaban J connectivity index is 2.21. The van der Waals surface area contributed by atoms with Crippen LogP contribution in [0.4, 0.5) is 14.5 Å². The van der Waals surface area contributed by atoms with Gasteiger partial charge in [-0.2, -0.15) is 5.10 Å². The molecule has 7 heteroatoms. The van der Waals surface area contributed by atoms with Crippen LogP contribution in [0.5, 0.6) is 0 Å². The molecule has 0 amide bonds. The quantitative estimate of drug-likeness (QED) is 0.847. The molecular formula is C12H11BrClF2N3. The predicted octanol–water partition coefficient (Wildman–Crippen LogP) is 4.03. The molecule has 0 saturated carbocycles. The van der Waals surface area contributed by atoms with Crippen LogP contribution in [-0.4, -0.2) is 9.78 Å². The maximum Gasteiger partial charge on any atom is 0.147 e. The van der Waals surface area contributed by atoms with Gasteiger partial charge in [0.25, 0.3) is 0 Å². The van der Waals surface area contributed by atoms with Gasteiger partial charge >= 0.3 is 0 Å². The van der Waals surface area contributed by atoms with Crippen molar-refractivity contribution in [3.63, 3.8) is 0 Å². The molecule has 1 N–H and O–H groups in total. The van der Waals surface area contributed by atoms with E-state index in [9.17, 15) is 8.78 Å². The minimum Gasteiger partial charge on any atom is -0.377 e. The van der Waals surface area contributed by atoms with E-state index >= 15 is 0 Å². The van der Waals surface area contributed by atoms with Crippen LogP contribution in [0.15, 0.2) is 16.6 Å². The summed E-state index contributed by atoms with van der Waals surface area (Å²) >= 11 is 9.00. The van der Waals surface area contributed by atoms with E-state index in [4.69, 9.17) is 11.6 Å². The van der Waals surface area contributed by atoms with Crippen LogP contribution in [-0.2, 0) is 13.6 Å². The summed E-state index contributed by atoms with van der Waals surface area (Å²) in [6, 6.07) is 2.17. The fraction of sp³-hybridized carbons (Fsp3) is 0.250. The molecular weight excluding hydrogens is 340 g/mol. The first-order chi connectivity index (χ1) is 8.90. The normalized spacial score (nSPS) is 10.8. The lowest BCUT2D eigenvalue weighted by molar-refractivity contribution is 0.596. The van der Waals surface area contributed by atoms with Crippen LogP contribution in [0.25, 0.3) is 0 Å². The molecule has 2 rings (SSSR count). The first-order valence-corrected chi connectivity index (χ1v) is 6.63. The summed E-state index contributed by atoms with van der Waals surface area (Å²) < 4.78 is 28.7. The van der Waals surface area contributed by atoms with Crippen molar-refractivity contribution >= 4 is 33.2 Å². The van der Waals surface area contributed by atoms with Crippen molar-refractivity contribution in [3.05, 3.63) is 44.7 Å². The first kappa shape index (κ1) is 14.3. The highest BCUT2D eigenvalue weighted by Gasteiger charge is 2.13. The van der Waals surface area contributed by atoms with Crippen molar-refractivity contribution in [1.29, 1.82) is 0 Å². The fourth-order valence-corrected chi connectivity index (χ4v) is 2.25. The summed E-state index contributed by atoms with van der Waals surface area (Å²) in [5, 5.41) is 7.48. The van der Waals surface area contributed by atoms with Gasteiger partial charge in [-0.25, -0.2) is 8.78 Å². The molecule has 0 aliphatic heterocycles. The van der Waals surface area contributed by atoms with E-state index in [0.717, 1.165) is 12.1 Å². The van der Waals surface area contributed by atoms with E-state index in [-0.39, 0.29) is 16.7 Å². The van der Waals surface area contributed by atoms with Crippen LogP contribution in [0, 0.1) is 18.6 Å². The number of nitrogens with zero attached hydrogens (tertiary/aromatic N) is 2. The Morgan fingerprint density at radius 2 is 2.05 bits per heavy atom. The molecule has 0 unspecified atom stereocenters. The zero-order chi connectivity index (χ0) is 14.2. The maximum atomic E-state index is 13.6. The number of aryl methyl sites for hydroxylation is 2. The minimum absolute atomic E-state index is 0.0793. The summed E-state index contributed by atoms with van der Waals surface area (Å²) in [6.45, 7) is 2.04. The second-order valence-corrected chi connectivity index (χ2v) is 5.30. The minimum atomic E-state index is -0.539. The van der Waals surface area contributed by atoms with Gasteiger partial charge in [0.05, 0.1) is 33.1 Å². The van der Waals surface area contributed by atoms with Crippen LogP contribution >= 0.6 is 27.5 Å². The van der Waals surface area contributed by atoms with Crippen molar-refractivity contribution < 1.29 is 8.78 Å². The Hall–Kier alpha value is -1.14. The van der Waals surface area contributed by atoms with Crippen molar-refractivity contribution in [2.75, 3.05) is 5.32 Å². The van der Waals surface area contributed by atoms with Gasteiger partial charge in [-0.05, 0) is 28.9 Å². The van der Waals surface area contributed by atoms with Gasteiger partial charge in [0, 0.05) is 13.1 Å². The van der Waals surface area contributed by atoms with Crippen LogP contribution in [0.1, 0.15) is 11.4 Å². The molecule has 3 nitrogen and oxygen atoms in total. The lowest BCUT2D eigenvalue weighted by atomic mass is 10.3. The van der Waals surface area contributed by atoms with Gasteiger partial charge in [-0.1, -0.05) is 11.6 Å². The summed E-state index contributed by atoms with van der Waals surface area (Å²) in [5.41, 5.74) is 1.49. The summed E-state index contributed by atoms with van der Waals surface area (Å²) in [6.07, 6.45) is 0. The molecule has 0 radical (unpaired) electrons. The number of rotatable bonds is 3. The molecule has 2 aromatic rings. The van der Waals surface area contributed by atoms with Gasteiger partial charge in [0.1, 0.15) is 11.6 Å². The van der Waals surface area contributed by atoms with E-state index in [2.05, 4.69) is 26.3 Å². The fourth-order valence-electron chi connectivity index (χ4n) is 1.71. The molecule has 0 spiro atoms. The second-order valence-electron chi connectivity index (χ2n) is 4.07. The monoisotopic (exact) mass is 349 g/mol. The largest absolute Gasteiger partial charge is 0.377 e. The standard InChI is InChI=1S/C12H11BrClF2N3/c1-6-12(14)11(19(2)18-6)5-17-10-4-8(15)7(13)3-9(10)16/h3-4,17H,5H2,1-2H3. The maximum absolute atomic E-state index is 13.6. The summed E-state index contributed by atoms with van der Waals surface area (Å²) in [4.78, 5) is 0. The van der Waals surface area contributed by atoms with E-state index in [0.29, 0.717) is 16.4 Å². The molecule has 0 aliphatic carbocycles. The van der Waals surface area contributed by atoms with Crippen molar-refractivity contribution in [1.82, 2.24) is 9.78 Å². The third-order valence-corrected chi connectivity index (χ3v) is 3.82. The Kier molecular flexibility index (Phi) is 4.10. The molecule has 102 valence electrons. The molecule has 0 aliphatic rings. The molecule has 1 heterocycles. The molecule has 0 fully saturated rings. The van der Waals surface area contributed by atoms with E-state index < -0.39 is 11.6 Å². The molecule has 0 bridgehead atoms. The van der Waals surface area contributed by atoms with Crippen LogP contribution < -0.4 is 5.32 Å². The Morgan fingerprint density at radius 1 is 1.37 bits per heavy atom. The highest BCUT2D eigenvalue weighted by molar-refractivity contribution is 9.10. The van der Waals surface area contributed by atoms with Crippen molar-refractivity contribution in [2.45, 2.75) is 13.5 Å². The number of anilines is 1. The van der Waals surface area contributed by atoms with Gasteiger partial charge in [-0.3, -0.25) is 4.68 Å². The lowest BCUT2D eigenvalue weighted by Crippen LogP contribution is -2.07. The van der Waals surface area contributed by atoms with Crippen LogP contribution in [0.3, 0.4) is 0 Å². The first-order valence-electron chi connectivity index (χ1n) is 5.46. The average Bonchev–Trinajstić information content (AvgIpc) is 2.57. The van der Waals surface area contributed by atoms with E-state index in [1.165, 1.54) is 0 Å². The Labute approximate surface area is 122 Å². The third-order valence-electron chi connectivity index (χ3n) is 2.72. The highest BCUT2D eigenvalue weighted by atomic mass is 79.9. The van der Waals surface area contributed by atoms with Gasteiger partial charge in [-0.15, -0.1) is 0 Å². The summed E-state index contributed by atoms with van der Waals surface area (Å²) in [7, 11) is 1.74. The number of aromatic nitrogens is 2. The number of benzene rings is 1. The third kappa shape index (κ3) is 2.90. The molecule has 19 heavy (non-hydrogen) atoms. The van der Waals surface area contributed by atoms with Crippen molar-refractivity contribution in [2.24, 2.45) is 7.05 Å². The number of halogens is 4. The number of hydrogen-bond acceptors (Lipinski definition) is 2. The average molecular weight is 351 g/mol. The topological polar surface area (TPSA) is 29.9 Å². The van der Waals surface area contributed by atoms with Gasteiger partial charge in [0.15, 0.2) is 0 Å². The summed E-state index contributed by atoms with van der Waals surface area (Å²) in [5.74, 6) is -1.07. The van der Waals surface area contributed by atoms with Gasteiger partial charge in [0.2, 0.25) is 0 Å². The highest BCUT2D eigenvalue weighted by Crippen LogP contribution is 2.25. The Morgan fingerprint density at radius 3 is 2.63 bits per heavy atom. The Bertz CT molecular complexity index is 628. The zero-order valence-corrected chi connectivity index (χ0v) is 12.6. The zero-order valence-electron chi connectivity index (χ0n) is 10.3. The SMILES string of the molecule is Cc1nn(C)c(CNc2cc(F)c(Br)cc2F)c1Cl.